The van der Waals surface area contributed by atoms with Gasteiger partial charge in [0.1, 0.15) is 11.5 Å². The van der Waals surface area contributed by atoms with Gasteiger partial charge < -0.3 is 20.8 Å². The van der Waals surface area contributed by atoms with Crippen LogP contribution in [0.3, 0.4) is 0 Å². The van der Waals surface area contributed by atoms with E-state index in [0.717, 1.165) is 33.4 Å². The molecule has 7 heteroatoms. The Morgan fingerprint density at radius 3 is 2.45 bits per heavy atom. The second kappa shape index (κ2) is 7.68. The van der Waals surface area contributed by atoms with Crippen LogP contribution in [0.15, 0.2) is 54.7 Å². The molecule has 0 radical (unpaired) electrons. The zero-order chi connectivity index (χ0) is 22.3. The van der Waals surface area contributed by atoms with E-state index in [0.29, 0.717) is 11.3 Å². The number of nitrogen functional groups attached to an aromatic ring is 1. The lowest BCUT2D eigenvalue weighted by Gasteiger charge is -2.16. The van der Waals surface area contributed by atoms with E-state index in [2.05, 4.69) is 18.8 Å². The van der Waals surface area contributed by atoms with Crippen LogP contribution >= 0.6 is 0 Å². The van der Waals surface area contributed by atoms with Gasteiger partial charge in [-0.2, -0.15) is 0 Å². The third-order valence-electron chi connectivity index (χ3n) is 5.27. The molecule has 0 atom stereocenters. The number of nitrogens with one attached hydrogen (secondary N) is 1. The van der Waals surface area contributed by atoms with Crippen LogP contribution in [-0.2, 0) is 0 Å². The quantitative estimate of drug-likeness (QED) is 0.306. The summed E-state index contributed by atoms with van der Waals surface area (Å²) in [6.07, 6.45) is 2.74. The van der Waals surface area contributed by atoms with Crippen LogP contribution in [0.25, 0.3) is 27.7 Å². The molecule has 0 saturated carbocycles. The molecule has 4 rings (SSSR count). The normalized spacial score (nSPS) is 11.2. The minimum absolute atomic E-state index is 0.0391. The first-order valence-corrected chi connectivity index (χ1v) is 9.75. The van der Waals surface area contributed by atoms with Crippen molar-refractivity contribution in [2.45, 2.75) is 19.8 Å². The van der Waals surface area contributed by atoms with Gasteiger partial charge in [-0.1, -0.05) is 19.9 Å². The number of rotatable bonds is 5. The summed E-state index contributed by atoms with van der Waals surface area (Å²) in [4.78, 5) is 15.3. The van der Waals surface area contributed by atoms with Crippen molar-refractivity contribution in [3.8, 4) is 16.8 Å². The summed E-state index contributed by atoms with van der Waals surface area (Å²) < 4.78 is 15.6. The van der Waals surface area contributed by atoms with Crippen molar-refractivity contribution in [3.63, 3.8) is 0 Å². The molecule has 0 aliphatic rings. The summed E-state index contributed by atoms with van der Waals surface area (Å²) in [6, 6.07) is 13.1. The molecule has 31 heavy (non-hydrogen) atoms. The van der Waals surface area contributed by atoms with E-state index >= 15 is 0 Å². The Labute approximate surface area is 178 Å². The third kappa shape index (κ3) is 3.44. The van der Waals surface area contributed by atoms with Gasteiger partial charge in [-0.05, 0) is 48.4 Å². The minimum Gasteiger partial charge on any atom is -0.477 e. The number of anilines is 1. The van der Waals surface area contributed by atoms with Gasteiger partial charge in [0.05, 0.1) is 5.52 Å². The fraction of sp³-hybridized carbons (Fsp3) is 0.125. The Morgan fingerprint density at radius 1 is 1.19 bits per heavy atom. The van der Waals surface area contributed by atoms with E-state index in [-0.39, 0.29) is 17.4 Å². The number of nitrogens with zero attached hydrogens (tertiary/aromatic N) is 2. The van der Waals surface area contributed by atoms with Crippen LogP contribution in [0.5, 0.6) is 0 Å². The van der Waals surface area contributed by atoms with Crippen molar-refractivity contribution in [2.75, 3.05) is 5.73 Å². The molecule has 2 aromatic heterocycles. The highest BCUT2D eigenvalue weighted by Gasteiger charge is 2.23. The second-order valence-corrected chi connectivity index (χ2v) is 7.61. The van der Waals surface area contributed by atoms with Crippen LogP contribution in [0.1, 0.15) is 41.5 Å². The predicted octanol–water partition coefficient (Wildman–Crippen LogP) is 5.23. The average molecular weight is 416 g/mol. The van der Waals surface area contributed by atoms with E-state index < -0.39 is 5.97 Å². The number of hydrogen-bond donors (Lipinski definition) is 3. The van der Waals surface area contributed by atoms with Gasteiger partial charge in [0.2, 0.25) is 0 Å². The molecular formula is C24H21FN4O2. The summed E-state index contributed by atoms with van der Waals surface area (Å²) in [5.74, 6) is -1.36. The number of carbonyl (C=O) groups is 1. The monoisotopic (exact) mass is 416 g/mol. The number of aromatic nitrogens is 2. The molecule has 2 aromatic carbocycles. The SMILES string of the molecule is CC(C)c1c(-c2ccc(C(=O)O)nc2)c2cc(N)c(C=N)cc2n1-c1ccc(F)cc1. The zero-order valence-electron chi connectivity index (χ0n) is 17.1. The van der Waals surface area contributed by atoms with Gasteiger partial charge in [0.15, 0.2) is 0 Å². The van der Waals surface area contributed by atoms with Crippen LogP contribution in [0.2, 0.25) is 0 Å². The van der Waals surface area contributed by atoms with Gasteiger partial charge in [0.25, 0.3) is 0 Å². The maximum Gasteiger partial charge on any atom is 0.354 e. The summed E-state index contributed by atoms with van der Waals surface area (Å²) in [7, 11) is 0. The Kier molecular flexibility index (Phi) is 5.02. The number of benzene rings is 2. The zero-order valence-corrected chi connectivity index (χ0v) is 17.1. The molecule has 6 nitrogen and oxygen atoms in total. The Hall–Kier alpha value is -4.00. The Morgan fingerprint density at radius 2 is 1.90 bits per heavy atom. The first-order valence-electron chi connectivity index (χ1n) is 9.75. The molecule has 0 unspecified atom stereocenters. The van der Waals surface area contributed by atoms with Crippen molar-refractivity contribution in [1.29, 1.82) is 5.41 Å². The molecule has 0 amide bonds. The van der Waals surface area contributed by atoms with E-state index in [1.165, 1.54) is 24.4 Å². The fourth-order valence-corrected chi connectivity index (χ4v) is 3.90. The molecule has 4 N–H and O–H groups in total. The summed E-state index contributed by atoms with van der Waals surface area (Å²) >= 11 is 0. The van der Waals surface area contributed by atoms with Gasteiger partial charge in [0, 0.05) is 51.6 Å². The molecule has 2 heterocycles. The molecule has 0 fully saturated rings. The van der Waals surface area contributed by atoms with Gasteiger partial charge in [-0.25, -0.2) is 14.2 Å². The van der Waals surface area contributed by atoms with Gasteiger partial charge >= 0.3 is 5.97 Å². The van der Waals surface area contributed by atoms with Crippen molar-refractivity contribution < 1.29 is 14.3 Å². The van der Waals surface area contributed by atoms with Gasteiger partial charge in [-0.15, -0.1) is 0 Å². The Bertz CT molecular complexity index is 1310. The fourth-order valence-electron chi connectivity index (χ4n) is 3.90. The number of hydrogen-bond acceptors (Lipinski definition) is 4. The van der Waals surface area contributed by atoms with E-state index in [1.807, 2.05) is 16.7 Å². The summed E-state index contributed by atoms with van der Waals surface area (Å²) in [6.45, 7) is 4.11. The third-order valence-corrected chi connectivity index (χ3v) is 5.27. The molecule has 4 aromatic rings. The highest BCUT2D eigenvalue weighted by molar-refractivity contribution is 6.04. The van der Waals surface area contributed by atoms with Gasteiger partial charge in [-0.3, -0.25) is 0 Å². The van der Waals surface area contributed by atoms with E-state index in [1.54, 1.807) is 24.4 Å². The van der Waals surface area contributed by atoms with Crippen molar-refractivity contribution in [1.82, 2.24) is 9.55 Å². The maximum absolute atomic E-state index is 13.6. The lowest BCUT2D eigenvalue weighted by Crippen LogP contribution is -2.04. The highest BCUT2D eigenvalue weighted by atomic mass is 19.1. The lowest BCUT2D eigenvalue weighted by atomic mass is 9.97. The van der Waals surface area contributed by atoms with E-state index in [9.17, 15) is 14.3 Å². The van der Waals surface area contributed by atoms with Crippen LogP contribution in [0.4, 0.5) is 10.1 Å². The number of nitrogens with two attached hydrogens (primary N) is 1. The molecule has 0 aliphatic heterocycles. The molecule has 0 spiro atoms. The van der Waals surface area contributed by atoms with Crippen molar-refractivity contribution in [3.05, 3.63) is 77.5 Å². The number of pyridine rings is 1. The average Bonchev–Trinajstić information content (AvgIpc) is 3.08. The molecule has 156 valence electrons. The van der Waals surface area contributed by atoms with Crippen molar-refractivity contribution in [2.24, 2.45) is 0 Å². The topological polar surface area (TPSA) is 105 Å². The van der Waals surface area contributed by atoms with Crippen LogP contribution in [-0.4, -0.2) is 26.8 Å². The first kappa shape index (κ1) is 20.3. The Balaban J connectivity index is 2.13. The molecule has 0 saturated heterocycles. The number of carboxylic acid groups (broad SMARTS) is 1. The number of halogens is 1. The number of aromatic carboxylic acids is 1. The number of fused-ring (bicyclic) bond motifs is 1. The maximum atomic E-state index is 13.6. The summed E-state index contributed by atoms with van der Waals surface area (Å²) in [5.41, 5.74) is 11.4. The van der Waals surface area contributed by atoms with Crippen LogP contribution < -0.4 is 5.73 Å². The second-order valence-electron chi connectivity index (χ2n) is 7.61. The smallest absolute Gasteiger partial charge is 0.354 e. The van der Waals surface area contributed by atoms with Crippen molar-refractivity contribution >= 4 is 28.8 Å². The van der Waals surface area contributed by atoms with E-state index in [4.69, 9.17) is 11.1 Å². The molecule has 0 aliphatic carbocycles. The standard InChI is InChI=1S/C24H21FN4O2/c1-13(2)23-22(14-3-8-20(24(30)31)28-12-14)18-10-19(27)15(11-26)9-21(18)29(23)17-6-4-16(25)5-7-17/h3-13,26H,27H2,1-2H3,(H,30,31). The predicted molar refractivity (Wildman–Crippen MR) is 120 cm³/mol. The first-order chi connectivity index (χ1) is 14.8. The highest BCUT2D eigenvalue weighted by Crippen LogP contribution is 2.41. The van der Waals surface area contributed by atoms with Crippen LogP contribution in [0, 0.1) is 11.2 Å². The minimum atomic E-state index is -1.09. The molecule has 0 bridgehead atoms. The largest absolute Gasteiger partial charge is 0.477 e. The molecular weight excluding hydrogens is 395 g/mol. The lowest BCUT2D eigenvalue weighted by molar-refractivity contribution is 0.0690. The number of carboxylic acids is 1. The summed E-state index contributed by atoms with van der Waals surface area (Å²) in [5, 5.41) is 17.7.